The number of para-hydroxylation sites is 1. The van der Waals surface area contributed by atoms with Gasteiger partial charge in [-0.05, 0) is 31.4 Å². The van der Waals surface area contributed by atoms with Crippen LogP contribution in [0.3, 0.4) is 0 Å². The van der Waals surface area contributed by atoms with Crippen molar-refractivity contribution in [3.63, 3.8) is 0 Å². The van der Waals surface area contributed by atoms with Crippen LogP contribution in [0.2, 0.25) is 0 Å². The molecule has 1 aliphatic heterocycles. The predicted octanol–water partition coefficient (Wildman–Crippen LogP) is 3.09. The van der Waals surface area contributed by atoms with E-state index in [1.807, 2.05) is 36.5 Å². The van der Waals surface area contributed by atoms with Crippen LogP contribution in [-0.2, 0) is 6.54 Å². The zero-order chi connectivity index (χ0) is 15.2. The minimum absolute atomic E-state index is 0.646. The van der Waals surface area contributed by atoms with Crippen molar-refractivity contribution in [2.75, 3.05) is 30.4 Å². The molecule has 0 atom stereocenters. The molecule has 1 aromatic carbocycles. The zero-order valence-electron chi connectivity index (χ0n) is 13.0. The number of nitrogens with zero attached hydrogens (tertiary/aromatic N) is 3. The van der Waals surface area contributed by atoms with Gasteiger partial charge in [0.25, 0.3) is 0 Å². The average Bonchev–Trinajstić information content (AvgIpc) is 2.61. The Hall–Kier alpha value is -2.30. The molecule has 0 saturated carbocycles. The van der Waals surface area contributed by atoms with E-state index in [-0.39, 0.29) is 0 Å². The number of methoxy groups -OCH3 is 1. The van der Waals surface area contributed by atoms with Gasteiger partial charge < -0.3 is 15.0 Å². The molecule has 1 aromatic heterocycles. The molecular formula is C17H22N4O. The maximum Gasteiger partial charge on any atom is 0.224 e. The molecule has 5 nitrogen and oxygen atoms in total. The van der Waals surface area contributed by atoms with Crippen LogP contribution in [0.5, 0.6) is 5.75 Å². The first-order valence-corrected chi connectivity index (χ1v) is 7.80. The normalized spacial score (nSPS) is 14.7. The van der Waals surface area contributed by atoms with Crippen molar-refractivity contribution < 1.29 is 4.74 Å². The first-order valence-electron chi connectivity index (χ1n) is 7.80. The molecule has 1 N–H and O–H groups in total. The second-order valence-electron chi connectivity index (χ2n) is 5.45. The van der Waals surface area contributed by atoms with Crippen molar-refractivity contribution in [3.8, 4) is 5.75 Å². The van der Waals surface area contributed by atoms with Crippen molar-refractivity contribution in [2.24, 2.45) is 0 Å². The lowest BCUT2D eigenvalue weighted by Gasteiger charge is -2.27. The maximum absolute atomic E-state index is 5.36. The molecule has 5 heteroatoms. The van der Waals surface area contributed by atoms with E-state index in [0.717, 1.165) is 30.2 Å². The third-order valence-electron chi connectivity index (χ3n) is 3.95. The summed E-state index contributed by atoms with van der Waals surface area (Å²) in [5, 5.41) is 3.29. The Bertz CT molecular complexity index is 611. The number of nitrogens with one attached hydrogen (secondary N) is 1. The lowest BCUT2D eigenvalue weighted by Crippen LogP contribution is -2.30. The van der Waals surface area contributed by atoms with E-state index in [4.69, 9.17) is 4.74 Å². The summed E-state index contributed by atoms with van der Waals surface area (Å²) in [6, 6.07) is 9.96. The number of anilines is 2. The van der Waals surface area contributed by atoms with Crippen LogP contribution in [0.1, 0.15) is 24.8 Å². The molecule has 2 heterocycles. The van der Waals surface area contributed by atoms with Gasteiger partial charge in [-0.3, -0.25) is 0 Å². The monoisotopic (exact) mass is 298 g/mol. The summed E-state index contributed by atoms with van der Waals surface area (Å²) in [6.07, 6.45) is 5.63. The Morgan fingerprint density at radius 2 is 1.95 bits per heavy atom. The van der Waals surface area contributed by atoms with Gasteiger partial charge in [0.2, 0.25) is 5.95 Å². The second-order valence-corrected chi connectivity index (χ2v) is 5.45. The van der Waals surface area contributed by atoms with Gasteiger partial charge >= 0.3 is 0 Å². The first kappa shape index (κ1) is 14.6. The van der Waals surface area contributed by atoms with Crippen LogP contribution in [-0.4, -0.2) is 30.2 Å². The van der Waals surface area contributed by atoms with Crippen LogP contribution in [0.4, 0.5) is 11.8 Å². The van der Waals surface area contributed by atoms with Gasteiger partial charge in [0.05, 0.1) is 7.11 Å². The van der Waals surface area contributed by atoms with Gasteiger partial charge in [-0.15, -0.1) is 0 Å². The average molecular weight is 298 g/mol. The molecule has 2 aromatic rings. The highest BCUT2D eigenvalue weighted by atomic mass is 16.5. The number of aromatic nitrogens is 2. The number of hydrogen-bond acceptors (Lipinski definition) is 5. The van der Waals surface area contributed by atoms with Gasteiger partial charge in [0.1, 0.15) is 11.6 Å². The van der Waals surface area contributed by atoms with Crippen molar-refractivity contribution in [1.29, 1.82) is 0 Å². The smallest absolute Gasteiger partial charge is 0.224 e. The fourth-order valence-electron chi connectivity index (χ4n) is 2.76. The van der Waals surface area contributed by atoms with Crippen LogP contribution < -0.4 is 15.0 Å². The van der Waals surface area contributed by atoms with Crippen molar-refractivity contribution in [3.05, 3.63) is 42.1 Å². The van der Waals surface area contributed by atoms with Crippen molar-refractivity contribution in [2.45, 2.75) is 25.8 Å². The molecule has 1 aliphatic rings. The molecule has 0 unspecified atom stereocenters. The van der Waals surface area contributed by atoms with Gasteiger partial charge in [-0.25, -0.2) is 4.98 Å². The number of benzene rings is 1. The van der Waals surface area contributed by atoms with E-state index in [1.54, 1.807) is 7.11 Å². The van der Waals surface area contributed by atoms with Crippen molar-refractivity contribution >= 4 is 11.8 Å². The molecule has 1 saturated heterocycles. The standard InChI is InChI=1S/C17H22N4O/c1-22-15-8-4-3-7-14(15)13-19-17-18-10-9-16(20-17)21-11-5-2-6-12-21/h3-4,7-10H,2,5-6,11-13H2,1H3,(H,18,19,20). The lowest BCUT2D eigenvalue weighted by molar-refractivity contribution is 0.410. The van der Waals surface area contributed by atoms with Crippen LogP contribution >= 0.6 is 0 Å². The fourth-order valence-corrected chi connectivity index (χ4v) is 2.76. The Morgan fingerprint density at radius 1 is 1.14 bits per heavy atom. The lowest BCUT2D eigenvalue weighted by atomic mass is 10.1. The first-order chi connectivity index (χ1) is 10.9. The Morgan fingerprint density at radius 3 is 2.77 bits per heavy atom. The fraction of sp³-hybridized carbons (Fsp3) is 0.412. The summed E-state index contributed by atoms with van der Waals surface area (Å²) in [5.74, 6) is 2.55. The summed E-state index contributed by atoms with van der Waals surface area (Å²) in [4.78, 5) is 11.3. The molecule has 116 valence electrons. The van der Waals surface area contributed by atoms with E-state index < -0.39 is 0 Å². The number of hydrogen-bond donors (Lipinski definition) is 1. The molecule has 0 spiro atoms. The summed E-state index contributed by atoms with van der Waals surface area (Å²) < 4.78 is 5.36. The predicted molar refractivity (Wildman–Crippen MR) is 88.4 cm³/mol. The van der Waals surface area contributed by atoms with E-state index >= 15 is 0 Å². The SMILES string of the molecule is COc1ccccc1CNc1nccc(N2CCCCC2)n1. The molecule has 0 amide bonds. The minimum Gasteiger partial charge on any atom is -0.496 e. The molecule has 0 radical (unpaired) electrons. The molecular weight excluding hydrogens is 276 g/mol. The molecule has 3 rings (SSSR count). The van der Waals surface area contributed by atoms with E-state index in [9.17, 15) is 0 Å². The van der Waals surface area contributed by atoms with E-state index in [1.165, 1.54) is 19.3 Å². The molecule has 1 fully saturated rings. The van der Waals surface area contributed by atoms with E-state index in [2.05, 4.69) is 20.2 Å². The molecule has 0 aliphatic carbocycles. The number of ether oxygens (including phenoxy) is 1. The minimum atomic E-state index is 0.646. The van der Waals surface area contributed by atoms with Crippen LogP contribution in [0, 0.1) is 0 Å². The number of rotatable bonds is 5. The summed E-state index contributed by atoms with van der Waals surface area (Å²) >= 11 is 0. The zero-order valence-corrected chi connectivity index (χ0v) is 13.0. The summed E-state index contributed by atoms with van der Waals surface area (Å²) in [7, 11) is 1.69. The topological polar surface area (TPSA) is 50.3 Å². The van der Waals surface area contributed by atoms with Gasteiger partial charge in [0.15, 0.2) is 0 Å². The third kappa shape index (κ3) is 3.47. The number of piperidine rings is 1. The van der Waals surface area contributed by atoms with Gasteiger partial charge in [-0.1, -0.05) is 18.2 Å². The van der Waals surface area contributed by atoms with Gasteiger partial charge in [-0.2, -0.15) is 4.98 Å². The summed E-state index contributed by atoms with van der Waals surface area (Å²) in [6.45, 7) is 2.82. The Labute approximate surface area is 131 Å². The Kier molecular flexibility index (Phi) is 4.73. The van der Waals surface area contributed by atoms with Gasteiger partial charge in [0, 0.05) is 31.4 Å². The Balaban J connectivity index is 1.67. The highest BCUT2D eigenvalue weighted by Crippen LogP contribution is 2.20. The van der Waals surface area contributed by atoms with Crippen LogP contribution in [0.25, 0.3) is 0 Å². The summed E-state index contributed by atoms with van der Waals surface area (Å²) in [5.41, 5.74) is 1.09. The second kappa shape index (κ2) is 7.11. The van der Waals surface area contributed by atoms with E-state index in [0.29, 0.717) is 12.5 Å². The highest BCUT2D eigenvalue weighted by Gasteiger charge is 2.12. The third-order valence-corrected chi connectivity index (χ3v) is 3.95. The quantitative estimate of drug-likeness (QED) is 0.919. The largest absolute Gasteiger partial charge is 0.496 e. The molecule has 22 heavy (non-hydrogen) atoms. The van der Waals surface area contributed by atoms with Crippen LogP contribution in [0.15, 0.2) is 36.5 Å². The molecule has 0 bridgehead atoms. The maximum atomic E-state index is 5.36. The van der Waals surface area contributed by atoms with Crippen molar-refractivity contribution in [1.82, 2.24) is 9.97 Å². The highest BCUT2D eigenvalue weighted by molar-refractivity contribution is 5.44.